The van der Waals surface area contributed by atoms with Gasteiger partial charge < -0.3 is 39.8 Å². The number of hydrogen-bond acceptors (Lipinski definition) is 7. The molecule has 1 aromatic heterocycles. The lowest BCUT2D eigenvalue weighted by Gasteiger charge is -2.30. The van der Waals surface area contributed by atoms with E-state index in [1.165, 1.54) is 22.9 Å². The van der Waals surface area contributed by atoms with Gasteiger partial charge in [0.05, 0.1) is 23.0 Å². The molecule has 2 heterocycles. The number of nitrogens with one attached hydrogen (secondary N) is 2. The molecule has 13 nitrogen and oxygen atoms in total. The van der Waals surface area contributed by atoms with Crippen LogP contribution in [-0.2, 0) is 22.8 Å². The van der Waals surface area contributed by atoms with Gasteiger partial charge >= 0.3 is 20.7 Å². The van der Waals surface area contributed by atoms with E-state index in [1.54, 1.807) is 20.0 Å². The van der Waals surface area contributed by atoms with E-state index in [9.17, 15) is 43.3 Å². The zero-order valence-electron chi connectivity index (χ0n) is 20.5. The number of aryl methyl sites for hydroxylation is 1. The summed E-state index contributed by atoms with van der Waals surface area (Å²) in [6.07, 6.45) is 1.24. The Hall–Kier alpha value is -4.04. The van der Waals surface area contributed by atoms with Crippen molar-refractivity contribution in [2.24, 2.45) is 7.05 Å². The first-order valence-corrected chi connectivity index (χ1v) is 13.0. The SMILES string of the molecule is Cc1ncc(C(=O)N[C@@H](C(=O)N[C@H]2Cc3cccc(C(=O)O)c3OB2O)c2ccc(P(=O)(O)O)c(F)c2)n1C. The highest BCUT2D eigenvalue weighted by atomic mass is 31.2. The molecule has 0 spiro atoms. The number of hydrogen-bond donors (Lipinski definition) is 6. The highest BCUT2D eigenvalue weighted by molar-refractivity contribution is 7.60. The third-order valence-electron chi connectivity index (χ3n) is 6.29. The van der Waals surface area contributed by atoms with Gasteiger partial charge in [-0.3, -0.25) is 14.2 Å². The van der Waals surface area contributed by atoms with Crippen LogP contribution in [0.25, 0.3) is 0 Å². The normalized spacial score (nSPS) is 15.6. The molecule has 0 fully saturated rings. The molecule has 16 heteroatoms. The largest absolute Gasteiger partial charge is 0.547 e. The maximum Gasteiger partial charge on any atom is 0.547 e. The highest BCUT2D eigenvalue weighted by Crippen LogP contribution is 2.35. The lowest BCUT2D eigenvalue weighted by molar-refractivity contribution is -0.123. The van der Waals surface area contributed by atoms with Crippen LogP contribution in [0.1, 0.15) is 43.8 Å². The summed E-state index contributed by atoms with van der Waals surface area (Å²) < 4.78 is 33.0. The molecule has 0 aliphatic carbocycles. The predicted molar refractivity (Wildman–Crippen MR) is 134 cm³/mol. The monoisotopic (exact) mass is 560 g/mol. The van der Waals surface area contributed by atoms with Crippen molar-refractivity contribution in [1.82, 2.24) is 20.2 Å². The van der Waals surface area contributed by atoms with Crippen LogP contribution in [0, 0.1) is 12.7 Å². The molecule has 39 heavy (non-hydrogen) atoms. The van der Waals surface area contributed by atoms with Gasteiger partial charge in [0.15, 0.2) is 0 Å². The molecule has 0 radical (unpaired) electrons. The first kappa shape index (κ1) is 28.0. The molecule has 2 amide bonds. The fraction of sp³-hybridized carbons (Fsp3) is 0.217. The number of benzene rings is 2. The first-order valence-electron chi connectivity index (χ1n) is 11.4. The van der Waals surface area contributed by atoms with E-state index >= 15 is 0 Å². The molecule has 0 saturated carbocycles. The number of halogens is 1. The summed E-state index contributed by atoms with van der Waals surface area (Å²) in [5.41, 5.74) is 0.157. The number of carbonyl (C=O) groups is 3. The smallest absolute Gasteiger partial charge is 0.534 e. The Kier molecular flexibility index (Phi) is 7.62. The van der Waals surface area contributed by atoms with Crippen LogP contribution >= 0.6 is 7.60 Å². The number of aromatic nitrogens is 2. The Morgan fingerprint density at radius 3 is 2.56 bits per heavy atom. The van der Waals surface area contributed by atoms with Gasteiger partial charge in [-0.25, -0.2) is 14.2 Å². The van der Waals surface area contributed by atoms with Gasteiger partial charge in [-0.05, 0) is 42.7 Å². The topological polar surface area (TPSA) is 200 Å². The quantitative estimate of drug-likeness (QED) is 0.169. The zero-order chi connectivity index (χ0) is 28.6. The van der Waals surface area contributed by atoms with Gasteiger partial charge in [-0.1, -0.05) is 18.2 Å². The second-order valence-corrected chi connectivity index (χ2v) is 10.4. The molecule has 6 N–H and O–H groups in total. The second kappa shape index (κ2) is 10.6. The summed E-state index contributed by atoms with van der Waals surface area (Å²) in [4.78, 5) is 60.6. The summed E-state index contributed by atoms with van der Waals surface area (Å²) in [5, 5.41) is 24.0. The highest BCUT2D eigenvalue weighted by Gasteiger charge is 2.39. The fourth-order valence-electron chi connectivity index (χ4n) is 4.14. The van der Waals surface area contributed by atoms with E-state index in [0.29, 0.717) is 11.4 Å². The Morgan fingerprint density at radius 1 is 1.26 bits per heavy atom. The number of aromatic carboxylic acids is 1. The van der Waals surface area contributed by atoms with Crippen LogP contribution in [0.15, 0.2) is 42.6 Å². The Morgan fingerprint density at radius 2 is 1.97 bits per heavy atom. The molecule has 1 aliphatic rings. The number of rotatable bonds is 7. The van der Waals surface area contributed by atoms with Gasteiger partial charge in [-0.15, -0.1) is 0 Å². The Balaban J connectivity index is 1.65. The molecule has 1 aliphatic heterocycles. The molecule has 204 valence electrons. The number of carbonyl (C=O) groups excluding carboxylic acids is 2. The molecule has 4 rings (SSSR count). The zero-order valence-corrected chi connectivity index (χ0v) is 21.4. The molecule has 0 bridgehead atoms. The van der Waals surface area contributed by atoms with E-state index < -0.39 is 55.6 Å². The Bertz CT molecular complexity index is 1530. The molecule has 2 atom stereocenters. The first-order chi connectivity index (χ1) is 18.3. The minimum Gasteiger partial charge on any atom is -0.534 e. The molecular weight excluding hydrogens is 537 g/mol. The van der Waals surface area contributed by atoms with Crippen molar-refractivity contribution in [2.75, 3.05) is 0 Å². The summed E-state index contributed by atoms with van der Waals surface area (Å²) in [5.74, 6) is -4.86. The number of carboxylic acid groups (broad SMARTS) is 1. The van der Waals surface area contributed by atoms with Crippen LogP contribution in [0.2, 0.25) is 0 Å². The van der Waals surface area contributed by atoms with Crippen molar-refractivity contribution < 1.29 is 47.9 Å². The van der Waals surface area contributed by atoms with Crippen molar-refractivity contribution >= 4 is 37.8 Å². The van der Waals surface area contributed by atoms with Gasteiger partial charge in [0, 0.05) is 7.05 Å². The van der Waals surface area contributed by atoms with E-state index in [1.807, 2.05) is 0 Å². The summed E-state index contributed by atoms with van der Waals surface area (Å²) in [6, 6.07) is 5.38. The van der Waals surface area contributed by atoms with Crippen molar-refractivity contribution in [2.45, 2.75) is 25.3 Å². The molecule has 3 aromatic rings. The third kappa shape index (κ3) is 5.71. The second-order valence-electron chi connectivity index (χ2n) is 8.84. The molecule has 0 saturated heterocycles. The standard InChI is InChI=1S/C23H23BFN4O9P/c1-11-26-10-16(29(11)2)21(30)28-19(12-6-7-17(15(25)8-12)39(35,36)37)22(31)27-18-9-13-4-3-5-14(23(32)33)20(13)38-24(18)34/h3-8,10,18-19,34H,9H2,1-2H3,(H,27,31)(H,28,30)(H,32,33)(H2,35,36,37)/t18-,19+/m0/s1. The van der Waals surface area contributed by atoms with Gasteiger partial charge in [0.2, 0.25) is 5.91 Å². The molecule has 0 unspecified atom stereocenters. The third-order valence-corrected chi connectivity index (χ3v) is 7.28. The average Bonchev–Trinajstić information content (AvgIpc) is 3.19. The fourth-order valence-corrected chi connectivity index (χ4v) is 4.75. The minimum absolute atomic E-state index is 0.0313. The van der Waals surface area contributed by atoms with E-state index in [4.69, 9.17) is 4.65 Å². The maximum absolute atomic E-state index is 14.6. The number of amides is 2. The molecular formula is C23H23BFN4O9P. The Labute approximate surface area is 220 Å². The lowest BCUT2D eigenvalue weighted by atomic mass is 9.72. The van der Waals surface area contributed by atoms with Gasteiger partial charge in [0.25, 0.3) is 5.91 Å². The predicted octanol–water partition coefficient (Wildman–Crippen LogP) is -0.0205. The van der Waals surface area contributed by atoms with Crippen molar-refractivity contribution in [3.05, 3.63) is 76.6 Å². The number of para-hydroxylation sites is 1. The lowest BCUT2D eigenvalue weighted by Crippen LogP contribution is -2.55. The molecule has 2 aromatic carbocycles. The summed E-state index contributed by atoms with van der Waals surface area (Å²) in [6.45, 7) is 1.65. The summed E-state index contributed by atoms with van der Waals surface area (Å²) in [7, 11) is -5.05. The van der Waals surface area contributed by atoms with Crippen LogP contribution in [0.4, 0.5) is 4.39 Å². The van der Waals surface area contributed by atoms with Crippen LogP contribution in [0.3, 0.4) is 0 Å². The number of carboxylic acids is 1. The average molecular weight is 560 g/mol. The van der Waals surface area contributed by atoms with Crippen molar-refractivity contribution in [3.8, 4) is 5.75 Å². The number of imidazole rings is 1. The van der Waals surface area contributed by atoms with E-state index in [0.717, 1.165) is 18.2 Å². The maximum atomic E-state index is 14.6. The van der Waals surface area contributed by atoms with Crippen LogP contribution < -0.4 is 20.6 Å². The van der Waals surface area contributed by atoms with Crippen molar-refractivity contribution in [1.29, 1.82) is 0 Å². The summed E-state index contributed by atoms with van der Waals surface area (Å²) >= 11 is 0. The van der Waals surface area contributed by atoms with Crippen LogP contribution in [0.5, 0.6) is 5.75 Å². The number of fused-ring (bicyclic) bond motifs is 1. The number of nitrogens with zero attached hydrogens (tertiary/aromatic N) is 2. The van der Waals surface area contributed by atoms with E-state index in [-0.39, 0.29) is 29.0 Å². The van der Waals surface area contributed by atoms with Crippen molar-refractivity contribution in [3.63, 3.8) is 0 Å². The van der Waals surface area contributed by atoms with E-state index in [2.05, 4.69) is 15.6 Å². The van der Waals surface area contributed by atoms with Crippen LogP contribution in [-0.4, -0.2) is 60.3 Å². The van der Waals surface area contributed by atoms with Gasteiger partial charge in [-0.2, -0.15) is 0 Å². The minimum atomic E-state index is -4.95. The van der Waals surface area contributed by atoms with Gasteiger partial charge in [0.1, 0.15) is 29.1 Å².